The first kappa shape index (κ1) is 18.0. The monoisotopic (exact) mass is 386 g/mol. The Hall–Kier alpha value is -3.37. The minimum absolute atomic E-state index is 0.159. The van der Waals surface area contributed by atoms with Gasteiger partial charge in [0.05, 0.1) is 11.4 Å². The van der Waals surface area contributed by atoms with Crippen LogP contribution >= 0.6 is 11.6 Å². The number of allylic oxidation sites excluding steroid dienone is 1. The van der Waals surface area contributed by atoms with Gasteiger partial charge < -0.3 is 0 Å². The number of hydrogen-bond acceptors (Lipinski definition) is 3. The van der Waals surface area contributed by atoms with Crippen molar-refractivity contribution >= 4 is 35.4 Å². The SMILES string of the molecule is C=Cc1ccc(-c2ncccc2-c2ccc3c(n2)C(=O)[N+](C)=CC3=C)cc1Cl. The van der Waals surface area contributed by atoms with Crippen LogP contribution in [0.15, 0.2) is 61.8 Å². The lowest BCUT2D eigenvalue weighted by Gasteiger charge is -2.13. The number of benzene rings is 1. The molecule has 0 aliphatic carbocycles. The van der Waals surface area contributed by atoms with Gasteiger partial charge in [-0.15, -0.1) is 0 Å². The number of halogens is 1. The van der Waals surface area contributed by atoms with Crippen molar-refractivity contribution < 1.29 is 9.37 Å². The van der Waals surface area contributed by atoms with E-state index >= 15 is 0 Å². The van der Waals surface area contributed by atoms with Gasteiger partial charge in [-0.25, -0.2) is 9.78 Å². The van der Waals surface area contributed by atoms with Crippen LogP contribution in [0.1, 0.15) is 21.6 Å². The Bertz CT molecular complexity index is 1190. The Morgan fingerprint density at radius 3 is 2.68 bits per heavy atom. The van der Waals surface area contributed by atoms with Crippen LogP contribution in [0.2, 0.25) is 5.02 Å². The lowest BCUT2D eigenvalue weighted by molar-refractivity contribution is -0.388. The highest BCUT2D eigenvalue weighted by molar-refractivity contribution is 6.32. The van der Waals surface area contributed by atoms with Crippen molar-refractivity contribution in [2.75, 3.05) is 7.05 Å². The second-order valence-corrected chi connectivity index (χ2v) is 6.91. The maximum absolute atomic E-state index is 12.6. The highest BCUT2D eigenvalue weighted by Crippen LogP contribution is 2.33. The van der Waals surface area contributed by atoms with Crippen LogP contribution in [0.5, 0.6) is 0 Å². The maximum atomic E-state index is 12.6. The van der Waals surface area contributed by atoms with Gasteiger partial charge in [0.2, 0.25) is 0 Å². The molecule has 1 aliphatic heterocycles. The largest absolute Gasteiger partial charge is 0.438 e. The molecule has 1 amide bonds. The zero-order valence-corrected chi connectivity index (χ0v) is 16.1. The Kier molecular flexibility index (Phi) is 4.49. The van der Waals surface area contributed by atoms with Crippen molar-refractivity contribution in [3.63, 3.8) is 0 Å². The molecule has 0 atom stereocenters. The number of carbonyl (C=O) groups excluding carboxylic acids is 1. The number of aromatic nitrogens is 2. The van der Waals surface area contributed by atoms with E-state index in [4.69, 9.17) is 11.6 Å². The Morgan fingerprint density at radius 2 is 1.93 bits per heavy atom. The molecular formula is C23H17ClN3O+. The first-order valence-corrected chi connectivity index (χ1v) is 9.07. The number of rotatable bonds is 3. The van der Waals surface area contributed by atoms with Crippen molar-refractivity contribution in [3.8, 4) is 22.5 Å². The summed E-state index contributed by atoms with van der Waals surface area (Å²) in [6, 6.07) is 13.3. The number of hydrogen-bond donors (Lipinski definition) is 0. The van der Waals surface area contributed by atoms with Crippen molar-refractivity contribution in [1.29, 1.82) is 0 Å². The number of fused-ring (bicyclic) bond motifs is 1. The first-order chi connectivity index (χ1) is 13.5. The van der Waals surface area contributed by atoms with Crippen LogP contribution in [-0.2, 0) is 0 Å². The fourth-order valence-corrected chi connectivity index (χ4v) is 3.50. The average Bonchev–Trinajstić information content (AvgIpc) is 2.71. The highest BCUT2D eigenvalue weighted by atomic mass is 35.5. The molecule has 0 spiro atoms. The van der Waals surface area contributed by atoms with Gasteiger partial charge in [-0.3, -0.25) is 4.98 Å². The molecule has 1 aliphatic rings. The third-order valence-corrected chi connectivity index (χ3v) is 5.02. The summed E-state index contributed by atoms with van der Waals surface area (Å²) in [5.41, 5.74) is 5.86. The van der Waals surface area contributed by atoms with Gasteiger partial charge in [0, 0.05) is 33.5 Å². The summed E-state index contributed by atoms with van der Waals surface area (Å²) in [6.45, 7) is 7.77. The van der Waals surface area contributed by atoms with Crippen LogP contribution in [-0.4, -0.2) is 33.7 Å². The Balaban J connectivity index is 1.87. The molecule has 0 radical (unpaired) electrons. The fourth-order valence-electron chi connectivity index (χ4n) is 3.24. The third-order valence-electron chi connectivity index (χ3n) is 4.69. The predicted octanol–water partition coefficient (Wildman–Crippen LogP) is 4.99. The minimum atomic E-state index is -0.159. The standard InChI is InChI=1S/C23H17ClN3O/c1-4-15-7-8-16(12-19(15)24)21-18(6-5-11-25-21)20-10-9-17-14(2)13-27(3)23(28)22(17)26-20/h4-13H,1-2H2,3H3/q+1. The molecule has 0 bridgehead atoms. The summed E-state index contributed by atoms with van der Waals surface area (Å²) >= 11 is 6.35. The minimum Gasteiger partial charge on any atom is -0.256 e. The smallest absolute Gasteiger partial charge is 0.256 e. The topological polar surface area (TPSA) is 45.9 Å². The maximum Gasteiger partial charge on any atom is 0.438 e. The van der Waals surface area contributed by atoms with E-state index < -0.39 is 0 Å². The zero-order valence-electron chi connectivity index (χ0n) is 15.3. The van der Waals surface area contributed by atoms with E-state index in [0.717, 1.165) is 33.5 Å². The van der Waals surface area contributed by atoms with Crippen LogP contribution in [0.25, 0.3) is 34.2 Å². The molecule has 4 rings (SSSR count). The quantitative estimate of drug-likeness (QED) is 0.596. The van der Waals surface area contributed by atoms with E-state index in [9.17, 15) is 4.79 Å². The normalized spacial score (nSPS) is 13.1. The number of amides is 1. The molecule has 0 saturated heterocycles. The van der Waals surface area contributed by atoms with E-state index in [2.05, 4.69) is 23.1 Å². The lowest BCUT2D eigenvalue weighted by Crippen LogP contribution is -2.25. The van der Waals surface area contributed by atoms with Gasteiger partial charge in [-0.1, -0.05) is 43.0 Å². The molecule has 0 unspecified atom stereocenters. The van der Waals surface area contributed by atoms with E-state index in [-0.39, 0.29) is 5.91 Å². The second kappa shape index (κ2) is 6.98. The molecule has 1 aromatic carbocycles. The summed E-state index contributed by atoms with van der Waals surface area (Å²) in [7, 11) is 1.70. The van der Waals surface area contributed by atoms with Crippen LogP contribution < -0.4 is 0 Å². The molecule has 5 heteroatoms. The summed E-state index contributed by atoms with van der Waals surface area (Å²) in [5, 5.41) is 0.603. The summed E-state index contributed by atoms with van der Waals surface area (Å²) in [4.78, 5) is 21.8. The molecule has 28 heavy (non-hydrogen) atoms. The molecule has 0 saturated carbocycles. The van der Waals surface area contributed by atoms with Crippen LogP contribution in [0, 0.1) is 0 Å². The Labute approximate surface area is 168 Å². The van der Waals surface area contributed by atoms with Gasteiger partial charge in [0.1, 0.15) is 7.05 Å². The van der Waals surface area contributed by atoms with Crippen molar-refractivity contribution in [1.82, 2.24) is 9.97 Å². The summed E-state index contributed by atoms with van der Waals surface area (Å²) < 4.78 is 1.50. The van der Waals surface area contributed by atoms with E-state index in [0.29, 0.717) is 16.4 Å². The number of pyridine rings is 2. The Morgan fingerprint density at radius 1 is 1.11 bits per heavy atom. The van der Waals surface area contributed by atoms with Gasteiger partial charge >= 0.3 is 5.91 Å². The average molecular weight is 387 g/mol. The van der Waals surface area contributed by atoms with Crippen molar-refractivity contribution in [3.05, 3.63) is 83.7 Å². The third kappa shape index (κ3) is 2.98. The first-order valence-electron chi connectivity index (χ1n) is 8.69. The predicted molar refractivity (Wildman–Crippen MR) is 114 cm³/mol. The molecule has 4 nitrogen and oxygen atoms in total. The van der Waals surface area contributed by atoms with E-state index in [1.807, 2.05) is 42.5 Å². The summed E-state index contributed by atoms with van der Waals surface area (Å²) in [6.07, 6.45) is 5.15. The van der Waals surface area contributed by atoms with Crippen molar-refractivity contribution in [2.45, 2.75) is 0 Å². The van der Waals surface area contributed by atoms with E-state index in [1.54, 1.807) is 25.5 Å². The molecule has 2 aromatic heterocycles. The molecule has 0 N–H and O–H groups in total. The molecular weight excluding hydrogens is 370 g/mol. The summed E-state index contributed by atoms with van der Waals surface area (Å²) in [5.74, 6) is -0.159. The lowest BCUT2D eigenvalue weighted by atomic mass is 9.98. The highest BCUT2D eigenvalue weighted by Gasteiger charge is 2.29. The number of carbonyl (C=O) groups is 1. The van der Waals surface area contributed by atoms with Gasteiger partial charge in [-0.05, 0) is 35.9 Å². The molecule has 3 heterocycles. The van der Waals surface area contributed by atoms with Crippen molar-refractivity contribution in [2.24, 2.45) is 0 Å². The van der Waals surface area contributed by atoms with Gasteiger partial charge in [0.25, 0.3) is 0 Å². The number of nitrogens with zero attached hydrogens (tertiary/aromatic N) is 3. The molecule has 3 aromatic rings. The van der Waals surface area contributed by atoms with E-state index in [1.165, 1.54) is 4.58 Å². The fraction of sp³-hybridized carbons (Fsp3) is 0.0435. The zero-order chi connectivity index (χ0) is 19.8. The van der Waals surface area contributed by atoms with Crippen LogP contribution in [0.4, 0.5) is 0 Å². The molecule has 0 fully saturated rings. The molecule has 136 valence electrons. The van der Waals surface area contributed by atoms with Gasteiger partial charge in [0.15, 0.2) is 11.9 Å². The van der Waals surface area contributed by atoms with Gasteiger partial charge in [-0.2, -0.15) is 4.58 Å². The second-order valence-electron chi connectivity index (χ2n) is 6.50. The van der Waals surface area contributed by atoms with Crippen LogP contribution in [0.3, 0.4) is 0 Å².